The second kappa shape index (κ2) is 8.86. The van der Waals surface area contributed by atoms with Crippen LogP contribution in [0.25, 0.3) is 0 Å². The van der Waals surface area contributed by atoms with Gasteiger partial charge in [0.1, 0.15) is 6.04 Å². The first-order chi connectivity index (χ1) is 14.1. The summed E-state index contributed by atoms with van der Waals surface area (Å²) in [5.74, 6) is 0.0496. The predicted molar refractivity (Wildman–Crippen MR) is 112 cm³/mol. The van der Waals surface area contributed by atoms with Crippen LogP contribution >= 0.6 is 0 Å². The molecule has 4 rings (SSSR count). The van der Waals surface area contributed by atoms with Gasteiger partial charge in [0.25, 0.3) is 0 Å². The maximum atomic E-state index is 13.3. The fourth-order valence-electron chi connectivity index (χ4n) is 5.15. The Kier molecular flexibility index (Phi) is 6.23. The Hall–Kier alpha value is -1.88. The van der Waals surface area contributed by atoms with Gasteiger partial charge in [0.05, 0.1) is 18.8 Å². The Morgan fingerprint density at radius 3 is 2.59 bits per heavy atom. The first-order valence-corrected chi connectivity index (χ1v) is 11.4. The second-order valence-corrected chi connectivity index (χ2v) is 9.06. The van der Waals surface area contributed by atoms with Crippen molar-refractivity contribution in [2.24, 2.45) is 5.92 Å². The van der Waals surface area contributed by atoms with Crippen molar-refractivity contribution >= 4 is 11.8 Å². The number of nitrogens with one attached hydrogen (secondary N) is 1. The van der Waals surface area contributed by atoms with Gasteiger partial charge in [-0.05, 0) is 62.5 Å². The van der Waals surface area contributed by atoms with Crippen LogP contribution in [0.15, 0.2) is 24.3 Å². The summed E-state index contributed by atoms with van der Waals surface area (Å²) >= 11 is 0. The normalized spacial score (nSPS) is 28.0. The van der Waals surface area contributed by atoms with Gasteiger partial charge in [-0.15, -0.1) is 0 Å². The average molecular weight is 399 g/mol. The summed E-state index contributed by atoms with van der Waals surface area (Å²) in [5, 5.41) is 3.03. The molecule has 2 saturated heterocycles. The molecule has 2 amide bonds. The molecule has 2 fully saturated rings. The zero-order chi connectivity index (χ0) is 20.4. The predicted octanol–water partition coefficient (Wildman–Crippen LogP) is 3.24. The molecule has 29 heavy (non-hydrogen) atoms. The van der Waals surface area contributed by atoms with E-state index in [1.807, 2.05) is 13.8 Å². The summed E-state index contributed by atoms with van der Waals surface area (Å²) in [6, 6.07) is 8.62. The van der Waals surface area contributed by atoms with Crippen LogP contribution in [0.1, 0.15) is 63.5 Å². The SMILES string of the molecule is CCC(C)C(=O)N[C@H]1CCC[C@H]2CC[C@@H](COC3Cc4ccccc4C3)N2C1=O. The van der Waals surface area contributed by atoms with Crippen molar-refractivity contribution in [1.29, 1.82) is 0 Å². The lowest BCUT2D eigenvalue weighted by molar-refractivity contribution is -0.140. The number of ether oxygens (including phenoxy) is 1. The van der Waals surface area contributed by atoms with E-state index in [1.165, 1.54) is 11.1 Å². The molecule has 0 spiro atoms. The molecule has 0 saturated carbocycles. The molecule has 2 heterocycles. The molecule has 0 aromatic heterocycles. The van der Waals surface area contributed by atoms with Crippen molar-refractivity contribution in [2.45, 2.75) is 89.4 Å². The number of hydrogen-bond acceptors (Lipinski definition) is 3. The van der Waals surface area contributed by atoms with Gasteiger partial charge in [-0.2, -0.15) is 0 Å². The Morgan fingerprint density at radius 2 is 1.90 bits per heavy atom. The van der Waals surface area contributed by atoms with Gasteiger partial charge in [-0.1, -0.05) is 38.1 Å². The summed E-state index contributed by atoms with van der Waals surface area (Å²) in [5.41, 5.74) is 2.78. The highest BCUT2D eigenvalue weighted by molar-refractivity contribution is 5.89. The number of carbonyl (C=O) groups is 2. The number of benzene rings is 1. The van der Waals surface area contributed by atoms with E-state index < -0.39 is 0 Å². The standard InChI is InChI=1S/C24H34N2O3/c1-3-16(2)23(27)25-22-10-6-9-19-11-12-20(26(19)24(22)28)15-29-21-13-17-7-4-5-8-18(17)14-21/h4-5,7-8,16,19-22H,3,6,9-15H2,1-2H3,(H,25,27)/t16?,19-,20-,22-/m0/s1. The van der Waals surface area contributed by atoms with Gasteiger partial charge >= 0.3 is 0 Å². The number of rotatable bonds is 6. The van der Waals surface area contributed by atoms with Crippen LogP contribution in [0, 0.1) is 5.92 Å². The maximum Gasteiger partial charge on any atom is 0.245 e. The van der Waals surface area contributed by atoms with E-state index in [4.69, 9.17) is 4.74 Å². The fourth-order valence-corrected chi connectivity index (χ4v) is 5.15. The third-order valence-electron chi connectivity index (χ3n) is 7.12. The molecule has 0 radical (unpaired) electrons. The van der Waals surface area contributed by atoms with Gasteiger partial charge < -0.3 is 15.0 Å². The highest BCUT2D eigenvalue weighted by Crippen LogP contribution is 2.33. The van der Waals surface area contributed by atoms with E-state index in [0.717, 1.165) is 51.4 Å². The van der Waals surface area contributed by atoms with E-state index in [2.05, 4.69) is 34.5 Å². The molecule has 1 aromatic rings. The van der Waals surface area contributed by atoms with Gasteiger partial charge in [0, 0.05) is 12.0 Å². The zero-order valence-corrected chi connectivity index (χ0v) is 17.7. The molecule has 1 N–H and O–H groups in total. The molecule has 158 valence electrons. The third kappa shape index (κ3) is 4.35. The molecule has 1 unspecified atom stereocenters. The van der Waals surface area contributed by atoms with E-state index in [-0.39, 0.29) is 35.9 Å². The van der Waals surface area contributed by atoms with Crippen molar-refractivity contribution < 1.29 is 14.3 Å². The van der Waals surface area contributed by atoms with Crippen LogP contribution in [0.2, 0.25) is 0 Å². The van der Waals surface area contributed by atoms with Crippen molar-refractivity contribution in [3.8, 4) is 0 Å². The lowest BCUT2D eigenvalue weighted by Crippen LogP contribution is -2.52. The van der Waals surface area contributed by atoms with Crippen LogP contribution < -0.4 is 5.32 Å². The van der Waals surface area contributed by atoms with Crippen LogP contribution in [-0.4, -0.2) is 47.6 Å². The Bertz CT molecular complexity index is 724. The van der Waals surface area contributed by atoms with Crippen LogP contribution in [-0.2, 0) is 27.2 Å². The molecule has 5 nitrogen and oxygen atoms in total. The minimum Gasteiger partial charge on any atom is -0.375 e. The number of amides is 2. The first-order valence-electron chi connectivity index (χ1n) is 11.4. The molecule has 1 aliphatic carbocycles. The summed E-state index contributed by atoms with van der Waals surface area (Å²) in [6.07, 6.45) is 7.77. The number of carbonyl (C=O) groups excluding carboxylic acids is 2. The molecule has 1 aromatic carbocycles. The van der Waals surface area contributed by atoms with Crippen molar-refractivity contribution in [2.75, 3.05) is 6.61 Å². The van der Waals surface area contributed by atoms with Crippen LogP contribution in [0.5, 0.6) is 0 Å². The topological polar surface area (TPSA) is 58.6 Å². The molecule has 4 atom stereocenters. The van der Waals surface area contributed by atoms with Gasteiger partial charge in [0.2, 0.25) is 11.8 Å². The zero-order valence-electron chi connectivity index (χ0n) is 17.7. The highest BCUT2D eigenvalue weighted by Gasteiger charge is 2.42. The summed E-state index contributed by atoms with van der Waals surface area (Å²) in [7, 11) is 0. The number of nitrogens with zero attached hydrogens (tertiary/aromatic N) is 1. The highest BCUT2D eigenvalue weighted by atomic mass is 16.5. The van der Waals surface area contributed by atoms with Crippen LogP contribution in [0.3, 0.4) is 0 Å². The van der Waals surface area contributed by atoms with Crippen molar-refractivity contribution in [3.63, 3.8) is 0 Å². The Labute approximate surface area is 174 Å². The third-order valence-corrected chi connectivity index (χ3v) is 7.12. The summed E-state index contributed by atoms with van der Waals surface area (Å²) < 4.78 is 6.30. The van der Waals surface area contributed by atoms with E-state index >= 15 is 0 Å². The second-order valence-electron chi connectivity index (χ2n) is 9.06. The molecular weight excluding hydrogens is 364 g/mol. The Morgan fingerprint density at radius 1 is 1.17 bits per heavy atom. The average Bonchev–Trinajstić information content (AvgIpc) is 3.29. The lowest BCUT2D eigenvalue weighted by atomic mass is 10.0. The quantitative estimate of drug-likeness (QED) is 0.800. The number of hydrogen-bond donors (Lipinski definition) is 1. The monoisotopic (exact) mass is 398 g/mol. The summed E-state index contributed by atoms with van der Waals surface area (Å²) in [6.45, 7) is 4.53. The van der Waals surface area contributed by atoms with Gasteiger partial charge in [0.15, 0.2) is 0 Å². The van der Waals surface area contributed by atoms with E-state index in [0.29, 0.717) is 12.6 Å². The van der Waals surface area contributed by atoms with Gasteiger partial charge in [-0.3, -0.25) is 9.59 Å². The smallest absolute Gasteiger partial charge is 0.245 e. The van der Waals surface area contributed by atoms with Crippen molar-refractivity contribution in [1.82, 2.24) is 10.2 Å². The Balaban J connectivity index is 1.37. The largest absolute Gasteiger partial charge is 0.375 e. The minimum atomic E-state index is -0.377. The molecular formula is C24H34N2O3. The van der Waals surface area contributed by atoms with E-state index in [1.54, 1.807) is 0 Å². The fraction of sp³-hybridized carbons (Fsp3) is 0.667. The van der Waals surface area contributed by atoms with Crippen LogP contribution in [0.4, 0.5) is 0 Å². The minimum absolute atomic E-state index is 0.0000157. The first kappa shape index (κ1) is 20.4. The molecule has 5 heteroatoms. The van der Waals surface area contributed by atoms with E-state index in [9.17, 15) is 9.59 Å². The van der Waals surface area contributed by atoms with Gasteiger partial charge in [-0.25, -0.2) is 0 Å². The molecule has 0 bridgehead atoms. The molecule has 2 aliphatic heterocycles. The lowest BCUT2D eigenvalue weighted by Gasteiger charge is -2.32. The number of fused-ring (bicyclic) bond motifs is 2. The molecule has 3 aliphatic rings. The maximum absolute atomic E-state index is 13.3. The van der Waals surface area contributed by atoms with Crippen molar-refractivity contribution in [3.05, 3.63) is 35.4 Å². The summed E-state index contributed by atoms with van der Waals surface area (Å²) in [4.78, 5) is 27.8.